The molecule has 1 heterocycles. The fraction of sp³-hybridized carbons (Fsp3) is 1.00. The summed E-state index contributed by atoms with van der Waals surface area (Å²) in [6.45, 7) is 2.20. The summed E-state index contributed by atoms with van der Waals surface area (Å²) >= 11 is 0. The summed E-state index contributed by atoms with van der Waals surface area (Å²) in [5.74, 6) is 0. The van der Waals surface area contributed by atoms with Gasteiger partial charge in [0.1, 0.15) is 0 Å². The second-order valence-electron chi connectivity index (χ2n) is 5.77. The normalized spacial score (nSPS) is 27.9. The quantitative estimate of drug-likeness (QED) is 0.739. The number of ether oxygens (including phenoxy) is 1. The highest BCUT2D eigenvalue weighted by molar-refractivity contribution is 4.71. The Hall–Kier alpha value is -0.0800. The van der Waals surface area contributed by atoms with E-state index in [4.69, 9.17) is 4.74 Å². The molecule has 0 aromatic carbocycles. The highest BCUT2D eigenvalue weighted by atomic mass is 16.5. The van der Waals surface area contributed by atoms with E-state index in [1.807, 2.05) is 0 Å². The van der Waals surface area contributed by atoms with Crippen molar-refractivity contribution in [1.29, 1.82) is 0 Å². The Labute approximate surface area is 107 Å². The van der Waals surface area contributed by atoms with Crippen LogP contribution in [-0.2, 0) is 4.74 Å². The largest absolute Gasteiger partial charge is 0.378 e. The third-order valence-electron chi connectivity index (χ3n) is 4.27. The molecule has 1 saturated carbocycles. The summed E-state index contributed by atoms with van der Waals surface area (Å²) < 4.78 is 5.65. The Bertz CT molecular complexity index is 181. The van der Waals surface area contributed by atoms with E-state index < -0.39 is 0 Å². The van der Waals surface area contributed by atoms with Crippen molar-refractivity contribution < 1.29 is 4.74 Å². The molecule has 2 rings (SSSR count). The Morgan fingerprint density at radius 3 is 2.35 bits per heavy atom. The lowest BCUT2D eigenvalue weighted by molar-refractivity contribution is 0.102. The lowest BCUT2D eigenvalue weighted by Gasteiger charge is -2.21. The second kappa shape index (κ2) is 8.10. The minimum absolute atomic E-state index is 0.578. The van der Waals surface area contributed by atoms with Crippen LogP contribution in [0.1, 0.15) is 70.6 Å². The molecule has 2 aliphatic rings. The van der Waals surface area contributed by atoms with Gasteiger partial charge in [-0.05, 0) is 45.1 Å². The maximum atomic E-state index is 5.65. The maximum Gasteiger partial charge on any atom is 0.0576 e. The first-order valence-corrected chi connectivity index (χ1v) is 7.80. The number of rotatable bonds is 5. The van der Waals surface area contributed by atoms with Gasteiger partial charge >= 0.3 is 0 Å². The molecule has 17 heavy (non-hydrogen) atoms. The average Bonchev–Trinajstić information content (AvgIpc) is 2.79. The number of hydrogen-bond acceptors (Lipinski definition) is 2. The molecule has 2 fully saturated rings. The molecule has 2 nitrogen and oxygen atoms in total. The van der Waals surface area contributed by atoms with E-state index in [2.05, 4.69) is 5.32 Å². The fourth-order valence-electron chi connectivity index (χ4n) is 3.17. The molecule has 0 spiro atoms. The Morgan fingerprint density at radius 2 is 1.65 bits per heavy atom. The average molecular weight is 239 g/mol. The minimum Gasteiger partial charge on any atom is -0.378 e. The lowest BCUT2D eigenvalue weighted by Crippen LogP contribution is -2.31. The van der Waals surface area contributed by atoms with Gasteiger partial charge in [-0.15, -0.1) is 0 Å². The van der Waals surface area contributed by atoms with Crippen LogP contribution in [0.2, 0.25) is 0 Å². The highest BCUT2D eigenvalue weighted by Gasteiger charge is 2.15. The van der Waals surface area contributed by atoms with Crippen LogP contribution in [0, 0.1) is 0 Å². The molecule has 1 aliphatic carbocycles. The van der Waals surface area contributed by atoms with Crippen LogP contribution in [-0.4, -0.2) is 25.3 Å². The SMILES string of the molecule is C1CCCC(NCCCC2CCCO2)CCC1. The molecule has 1 unspecified atom stereocenters. The zero-order valence-corrected chi connectivity index (χ0v) is 11.3. The summed E-state index contributed by atoms with van der Waals surface area (Å²) in [5.41, 5.74) is 0. The van der Waals surface area contributed by atoms with Crippen molar-refractivity contribution in [3.05, 3.63) is 0 Å². The zero-order valence-electron chi connectivity index (χ0n) is 11.3. The van der Waals surface area contributed by atoms with Crippen molar-refractivity contribution in [2.75, 3.05) is 13.2 Å². The van der Waals surface area contributed by atoms with E-state index in [9.17, 15) is 0 Å². The molecule has 1 atom stereocenters. The lowest BCUT2D eigenvalue weighted by atomic mass is 9.96. The molecule has 0 radical (unpaired) electrons. The summed E-state index contributed by atoms with van der Waals surface area (Å²) in [7, 11) is 0. The van der Waals surface area contributed by atoms with Gasteiger partial charge < -0.3 is 10.1 Å². The van der Waals surface area contributed by atoms with Crippen LogP contribution in [0.25, 0.3) is 0 Å². The van der Waals surface area contributed by atoms with Gasteiger partial charge in [-0.3, -0.25) is 0 Å². The number of hydrogen-bond donors (Lipinski definition) is 1. The van der Waals surface area contributed by atoms with Gasteiger partial charge in [-0.2, -0.15) is 0 Å². The van der Waals surface area contributed by atoms with E-state index >= 15 is 0 Å². The van der Waals surface area contributed by atoms with E-state index in [-0.39, 0.29) is 0 Å². The molecule has 0 aromatic heterocycles. The first-order chi connectivity index (χ1) is 8.45. The predicted octanol–water partition coefficient (Wildman–Crippen LogP) is 3.65. The fourth-order valence-corrected chi connectivity index (χ4v) is 3.17. The van der Waals surface area contributed by atoms with Gasteiger partial charge in [-0.25, -0.2) is 0 Å². The monoisotopic (exact) mass is 239 g/mol. The molecular weight excluding hydrogens is 210 g/mol. The topological polar surface area (TPSA) is 21.3 Å². The van der Waals surface area contributed by atoms with Crippen LogP contribution in [0.15, 0.2) is 0 Å². The summed E-state index contributed by atoms with van der Waals surface area (Å²) in [6, 6.07) is 0.805. The first kappa shape index (κ1) is 13.4. The predicted molar refractivity (Wildman–Crippen MR) is 72.3 cm³/mol. The summed E-state index contributed by atoms with van der Waals surface area (Å²) in [6.07, 6.45) is 15.8. The van der Waals surface area contributed by atoms with Crippen LogP contribution >= 0.6 is 0 Å². The van der Waals surface area contributed by atoms with Crippen molar-refractivity contribution in [3.8, 4) is 0 Å². The van der Waals surface area contributed by atoms with E-state index in [1.165, 1.54) is 77.2 Å². The van der Waals surface area contributed by atoms with Crippen molar-refractivity contribution in [1.82, 2.24) is 5.32 Å². The van der Waals surface area contributed by atoms with Crippen molar-refractivity contribution in [3.63, 3.8) is 0 Å². The third-order valence-corrected chi connectivity index (χ3v) is 4.27. The van der Waals surface area contributed by atoms with Crippen LogP contribution in [0.5, 0.6) is 0 Å². The van der Waals surface area contributed by atoms with Gasteiger partial charge in [0, 0.05) is 12.6 Å². The maximum absolute atomic E-state index is 5.65. The third kappa shape index (κ3) is 5.39. The molecule has 0 amide bonds. The standard InChI is InChI=1S/C15H29NO/c1-2-4-8-14(9-5-3-1)16-12-6-10-15-11-7-13-17-15/h14-16H,1-13H2. The summed E-state index contributed by atoms with van der Waals surface area (Å²) in [5, 5.41) is 3.76. The minimum atomic E-state index is 0.578. The van der Waals surface area contributed by atoms with Crippen molar-refractivity contribution >= 4 is 0 Å². The Balaban J connectivity index is 1.50. The highest BCUT2D eigenvalue weighted by Crippen LogP contribution is 2.18. The Kier molecular flexibility index (Phi) is 6.36. The Morgan fingerprint density at radius 1 is 0.882 bits per heavy atom. The number of nitrogens with one attached hydrogen (secondary N) is 1. The van der Waals surface area contributed by atoms with Crippen LogP contribution in [0.4, 0.5) is 0 Å². The second-order valence-corrected chi connectivity index (χ2v) is 5.77. The molecule has 100 valence electrons. The molecule has 0 bridgehead atoms. The molecule has 1 N–H and O–H groups in total. The molecule has 0 aromatic rings. The molecule has 2 heteroatoms. The van der Waals surface area contributed by atoms with Gasteiger partial charge in [0.2, 0.25) is 0 Å². The van der Waals surface area contributed by atoms with Gasteiger partial charge in [0.15, 0.2) is 0 Å². The van der Waals surface area contributed by atoms with E-state index in [1.54, 1.807) is 0 Å². The van der Waals surface area contributed by atoms with Gasteiger partial charge in [-0.1, -0.05) is 32.1 Å². The molecular formula is C15H29NO. The van der Waals surface area contributed by atoms with Gasteiger partial charge in [0.05, 0.1) is 6.10 Å². The summed E-state index contributed by atoms with van der Waals surface area (Å²) in [4.78, 5) is 0. The van der Waals surface area contributed by atoms with Crippen molar-refractivity contribution in [2.24, 2.45) is 0 Å². The smallest absolute Gasteiger partial charge is 0.0576 e. The van der Waals surface area contributed by atoms with Crippen molar-refractivity contribution in [2.45, 2.75) is 82.8 Å². The zero-order chi connectivity index (χ0) is 11.8. The first-order valence-electron chi connectivity index (χ1n) is 7.80. The van der Waals surface area contributed by atoms with Crippen LogP contribution < -0.4 is 5.32 Å². The van der Waals surface area contributed by atoms with E-state index in [0.29, 0.717) is 6.10 Å². The van der Waals surface area contributed by atoms with Gasteiger partial charge in [0.25, 0.3) is 0 Å². The van der Waals surface area contributed by atoms with E-state index in [0.717, 1.165) is 12.6 Å². The molecule has 1 aliphatic heterocycles. The molecule has 1 saturated heterocycles. The van der Waals surface area contributed by atoms with Crippen LogP contribution in [0.3, 0.4) is 0 Å².